The Morgan fingerprint density at radius 3 is 2.60 bits per heavy atom. The smallest absolute Gasteiger partial charge is 0.253 e. The Labute approximate surface area is 230 Å². The largest absolute Gasteiger partial charge is 0.384 e. The van der Waals surface area contributed by atoms with Crippen molar-refractivity contribution in [2.75, 3.05) is 18.8 Å². The number of hydrogen-bond acceptors (Lipinski definition) is 6. The third-order valence-corrected chi connectivity index (χ3v) is 7.10. The maximum absolute atomic E-state index is 14.2. The summed E-state index contributed by atoms with van der Waals surface area (Å²) < 4.78 is 15.9. The molecule has 1 amide bonds. The first-order valence-corrected chi connectivity index (χ1v) is 13.0. The predicted octanol–water partition coefficient (Wildman–Crippen LogP) is 4.72. The summed E-state index contributed by atoms with van der Waals surface area (Å²) in [5.74, 6) is 6.59. The molecule has 0 bridgehead atoms. The van der Waals surface area contributed by atoms with Crippen molar-refractivity contribution in [3.8, 4) is 34.2 Å². The molecule has 40 heavy (non-hydrogen) atoms. The lowest BCUT2D eigenvalue weighted by molar-refractivity contribution is 0.0708. The van der Waals surface area contributed by atoms with Crippen molar-refractivity contribution in [1.82, 2.24) is 29.6 Å². The molecule has 1 aliphatic heterocycles. The fourth-order valence-corrected chi connectivity index (χ4v) is 4.92. The van der Waals surface area contributed by atoms with Crippen molar-refractivity contribution in [3.63, 3.8) is 0 Å². The lowest BCUT2D eigenvalue weighted by Gasteiger charge is -2.30. The molecular weight excluding hydrogens is 505 g/mol. The van der Waals surface area contributed by atoms with Crippen molar-refractivity contribution in [3.05, 3.63) is 90.4 Å². The number of hydrogen-bond donors (Lipinski definition) is 1. The van der Waals surface area contributed by atoms with Gasteiger partial charge in [0.15, 0.2) is 0 Å². The quantitative estimate of drug-likeness (QED) is 0.338. The van der Waals surface area contributed by atoms with Gasteiger partial charge in [-0.25, -0.2) is 14.4 Å². The van der Waals surface area contributed by atoms with Crippen LogP contribution < -0.4 is 5.73 Å². The van der Waals surface area contributed by atoms with Gasteiger partial charge in [-0.1, -0.05) is 18.1 Å². The number of aromatic nitrogens is 5. The number of amides is 1. The maximum atomic E-state index is 14.2. The van der Waals surface area contributed by atoms with Crippen LogP contribution in [0, 0.1) is 23.6 Å². The molecule has 4 aromatic heterocycles. The molecule has 9 heteroatoms. The van der Waals surface area contributed by atoms with Crippen LogP contribution in [0.25, 0.3) is 33.3 Å². The monoisotopic (exact) mass is 531 g/mol. The topological polar surface area (TPSA) is 103 Å². The Balaban J connectivity index is 1.15. The number of fused-ring (bicyclic) bond motifs is 1. The second kappa shape index (κ2) is 10.6. The van der Waals surface area contributed by atoms with Gasteiger partial charge in [0.25, 0.3) is 5.91 Å². The highest BCUT2D eigenvalue weighted by Crippen LogP contribution is 2.26. The number of carbonyl (C=O) groups excluding carboxylic acids is 1. The molecule has 5 aromatic rings. The fraction of sp³-hybridized carbons (Fsp3) is 0.194. The minimum atomic E-state index is -0.459. The molecular formula is C31H26FN7O. The van der Waals surface area contributed by atoms with Crippen LogP contribution in [0.4, 0.5) is 10.2 Å². The molecule has 0 aliphatic carbocycles. The van der Waals surface area contributed by atoms with E-state index in [1.165, 1.54) is 6.07 Å². The first-order chi connectivity index (χ1) is 19.4. The number of benzene rings is 1. The van der Waals surface area contributed by atoms with Gasteiger partial charge in [-0.15, -0.1) is 0 Å². The summed E-state index contributed by atoms with van der Waals surface area (Å²) in [6.45, 7) is 1.22. The highest BCUT2D eigenvalue weighted by molar-refractivity contribution is 5.95. The van der Waals surface area contributed by atoms with Crippen LogP contribution in [0.2, 0.25) is 0 Å². The van der Waals surface area contributed by atoms with Crippen molar-refractivity contribution in [2.45, 2.75) is 12.8 Å². The minimum Gasteiger partial charge on any atom is -0.384 e. The Morgan fingerprint density at radius 1 is 1.05 bits per heavy atom. The summed E-state index contributed by atoms with van der Waals surface area (Å²) in [6.07, 6.45) is 8.11. The van der Waals surface area contributed by atoms with Gasteiger partial charge in [0.1, 0.15) is 17.3 Å². The van der Waals surface area contributed by atoms with Gasteiger partial charge in [-0.3, -0.25) is 14.5 Å². The number of carbonyl (C=O) groups is 1. The zero-order valence-corrected chi connectivity index (χ0v) is 21.9. The van der Waals surface area contributed by atoms with Crippen molar-refractivity contribution < 1.29 is 9.18 Å². The van der Waals surface area contributed by atoms with E-state index in [0.29, 0.717) is 35.5 Å². The van der Waals surface area contributed by atoms with Gasteiger partial charge in [0, 0.05) is 60.5 Å². The molecule has 0 atom stereocenters. The van der Waals surface area contributed by atoms with E-state index in [1.54, 1.807) is 41.3 Å². The average molecular weight is 532 g/mol. The van der Waals surface area contributed by atoms with Crippen molar-refractivity contribution in [1.29, 1.82) is 0 Å². The number of nitrogen functional groups attached to an aromatic ring is 1. The number of piperidine rings is 1. The van der Waals surface area contributed by atoms with Crippen molar-refractivity contribution >= 4 is 22.6 Å². The fourth-order valence-electron chi connectivity index (χ4n) is 4.92. The molecule has 0 spiro atoms. The lowest BCUT2D eigenvalue weighted by Crippen LogP contribution is -2.38. The summed E-state index contributed by atoms with van der Waals surface area (Å²) >= 11 is 0. The second-order valence-corrected chi connectivity index (χ2v) is 9.83. The summed E-state index contributed by atoms with van der Waals surface area (Å²) in [4.78, 5) is 28.1. The third kappa shape index (κ3) is 5.12. The van der Waals surface area contributed by atoms with Crippen molar-refractivity contribution in [2.24, 2.45) is 13.0 Å². The molecule has 2 N–H and O–H groups in total. The molecule has 198 valence electrons. The van der Waals surface area contributed by atoms with Crippen LogP contribution in [0.15, 0.2) is 73.3 Å². The van der Waals surface area contributed by atoms with Crippen LogP contribution in [0.1, 0.15) is 28.9 Å². The molecule has 1 fully saturated rings. The Bertz CT molecular complexity index is 1780. The van der Waals surface area contributed by atoms with Crippen LogP contribution in [-0.2, 0) is 7.05 Å². The number of nitrogens with two attached hydrogens (primary N) is 1. The average Bonchev–Trinajstić information content (AvgIpc) is 3.43. The van der Waals surface area contributed by atoms with E-state index in [4.69, 9.17) is 10.7 Å². The Morgan fingerprint density at radius 2 is 1.85 bits per heavy atom. The van der Waals surface area contributed by atoms with Crippen LogP contribution in [0.5, 0.6) is 0 Å². The Hall–Kier alpha value is -5.10. The molecule has 0 unspecified atom stereocenters. The van der Waals surface area contributed by atoms with E-state index >= 15 is 0 Å². The first kappa shape index (κ1) is 25.2. The van der Waals surface area contributed by atoms with E-state index in [0.717, 1.165) is 41.2 Å². The summed E-state index contributed by atoms with van der Waals surface area (Å²) in [7, 11) is 1.87. The maximum Gasteiger partial charge on any atom is 0.253 e. The molecule has 1 aromatic carbocycles. The molecule has 5 heterocycles. The van der Waals surface area contributed by atoms with Crippen LogP contribution in [-0.4, -0.2) is 48.6 Å². The van der Waals surface area contributed by atoms with E-state index in [9.17, 15) is 9.18 Å². The van der Waals surface area contributed by atoms with Crippen LogP contribution >= 0.6 is 0 Å². The van der Waals surface area contributed by atoms with Gasteiger partial charge in [-0.05, 0) is 60.7 Å². The number of pyridine rings is 3. The second-order valence-electron chi connectivity index (χ2n) is 9.83. The van der Waals surface area contributed by atoms with E-state index in [2.05, 4.69) is 26.9 Å². The Kier molecular flexibility index (Phi) is 6.66. The van der Waals surface area contributed by atoms with Gasteiger partial charge in [-0.2, -0.15) is 5.10 Å². The molecule has 1 saturated heterocycles. The highest BCUT2D eigenvalue weighted by atomic mass is 19.1. The van der Waals surface area contributed by atoms with E-state index < -0.39 is 5.82 Å². The molecule has 6 rings (SSSR count). The van der Waals surface area contributed by atoms with Crippen LogP contribution in [0.3, 0.4) is 0 Å². The third-order valence-electron chi connectivity index (χ3n) is 7.10. The normalized spacial score (nSPS) is 13.7. The highest BCUT2D eigenvalue weighted by Gasteiger charge is 2.23. The number of likely N-dealkylation sites (tertiary alicyclic amines) is 1. The first-order valence-electron chi connectivity index (χ1n) is 13.0. The number of aryl methyl sites for hydroxylation is 1. The standard InChI is InChI=1S/C31H26FN7O/c1-38-19-23(17-36-38)28-16-29-24(3-2-12-34-29)27(37-28)9-4-20-10-13-39(14-11-20)31(40)22-7-5-21(6-8-22)25-15-30(33)35-18-26(25)32/h2-3,5-8,12,15-20H,10-11,13-14H2,1H3,(H2,33,35). The summed E-state index contributed by atoms with van der Waals surface area (Å²) in [5.41, 5.74) is 10.5. The lowest BCUT2D eigenvalue weighted by atomic mass is 9.96. The van der Waals surface area contributed by atoms with Gasteiger partial charge < -0.3 is 10.6 Å². The molecule has 8 nitrogen and oxygen atoms in total. The number of nitrogens with zero attached hydrogens (tertiary/aromatic N) is 6. The number of halogens is 1. The SMILES string of the molecule is Cn1cc(-c2cc3ncccc3c(C#CC3CCN(C(=O)c4ccc(-c5cc(N)ncc5F)cc4)CC3)n2)cn1. The van der Waals surface area contributed by atoms with E-state index in [-0.39, 0.29) is 17.6 Å². The van der Waals surface area contributed by atoms with Gasteiger partial charge in [0.2, 0.25) is 0 Å². The summed E-state index contributed by atoms with van der Waals surface area (Å²) in [6, 6.07) is 14.2. The number of rotatable bonds is 3. The summed E-state index contributed by atoms with van der Waals surface area (Å²) in [5, 5.41) is 5.17. The van der Waals surface area contributed by atoms with Gasteiger partial charge >= 0.3 is 0 Å². The zero-order chi connectivity index (χ0) is 27.6. The van der Waals surface area contributed by atoms with Gasteiger partial charge in [0.05, 0.1) is 23.6 Å². The minimum absolute atomic E-state index is 0.0458. The molecule has 0 saturated carbocycles. The zero-order valence-electron chi connectivity index (χ0n) is 21.9. The molecule has 1 aliphatic rings. The molecule has 0 radical (unpaired) electrons. The predicted molar refractivity (Wildman–Crippen MR) is 151 cm³/mol. The number of anilines is 1. The van der Waals surface area contributed by atoms with E-state index in [1.807, 2.05) is 36.3 Å².